The molecule has 2 aliphatic rings. The average molecular weight is 182 g/mol. The smallest absolute Gasteiger partial charge is 0.237 e. The highest BCUT2D eigenvalue weighted by Gasteiger charge is 2.42. The normalized spacial score (nSPS) is 37.0. The third-order valence-corrected chi connectivity index (χ3v) is 3.07. The molecule has 1 saturated heterocycles. The van der Waals surface area contributed by atoms with Crippen LogP contribution < -0.4 is 10.6 Å². The van der Waals surface area contributed by atoms with Crippen molar-refractivity contribution >= 4 is 5.91 Å². The number of fused-ring (bicyclic) bond motifs is 2. The first-order chi connectivity index (χ1) is 6.16. The predicted molar refractivity (Wildman–Crippen MR) is 51.3 cm³/mol. The van der Waals surface area contributed by atoms with Gasteiger partial charge in [0, 0.05) is 12.1 Å². The Morgan fingerprint density at radius 3 is 2.69 bits per heavy atom. The van der Waals surface area contributed by atoms with Gasteiger partial charge in [-0.25, -0.2) is 0 Å². The zero-order valence-electron chi connectivity index (χ0n) is 8.34. The van der Waals surface area contributed by atoms with Gasteiger partial charge in [0.25, 0.3) is 0 Å². The second-order valence-corrected chi connectivity index (χ2v) is 4.58. The molecule has 1 heterocycles. The van der Waals surface area contributed by atoms with Crippen LogP contribution in [-0.4, -0.2) is 24.0 Å². The maximum absolute atomic E-state index is 11.7. The summed E-state index contributed by atoms with van der Waals surface area (Å²) in [5, 5.41) is 6.35. The lowest BCUT2D eigenvalue weighted by molar-refractivity contribution is -0.124. The summed E-state index contributed by atoms with van der Waals surface area (Å²) in [7, 11) is 0. The molecule has 1 saturated carbocycles. The molecule has 0 spiro atoms. The fraction of sp³-hybridized carbons (Fsp3) is 0.900. The van der Waals surface area contributed by atoms with Gasteiger partial charge < -0.3 is 10.6 Å². The molecule has 0 aromatic carbocycles. The van der Waals surface area contributed by atoms with E-state index in [0.29, 0.717) is 12.0 Å². The van der Waals surface area contributed by atoms with E-state index in [1.165, 1.54) is 19.3 Å². The Kier molecular flexibility index (Phi) is 2.28. The van der Waals surface area contributed by atoms with Crippen LogP contribution in [0.15, 0.2) is 0 Å². The van der Waals surface area contributed by atoms with Crippen LogP contribution in [0.25, 0.3) is 0 Å². The van der Waals surface area contributed by atoms with Gasteiger partial charge >= 0.3 is 0 Å². The zero-order valence-corrected chi connectivity index (χ0v) is 8.34. The molecule has 2 bridgehead atoms. The van der Waals surface area contributed by atoms with Gasteiger partial charge in [0.1, 0.15) is 0 Å². The quantitative estimate of drug-likeness (QED) is 0.658. The standard InChI is InChI=1S/C10H18N2O/c1-6(2)11-10(13)9-7-3-4-8(5-7)12-9/h6-9,12H,3-5H2,1-2H3,(H,11,13)/t7?,8?,9-/m1/s1. The lowest BCUT2D eigenvalue weighted by Gasteiger charge is -2.23. The van der Waals surface area contributed by atoms with Crippen molar-refractivity contribution in [2.45, 2.75) is 51.2 Å². The molecular weight excluding hydrogens is 164 g/mol. The summed E-state index contributed by atoms with van der Waals surface area (Å²) in [4.78, 5) is 11.7. The largest absolute Gasteiger partial charge is 0.353 e. The molecule has 3 atom stereocenters. The van der Waals surface area contributed by atoms with Crippen molar-refractivity contribution in [3.05, 3.63) is 0 Å². The van der Waals surface area contributed by atoms with Crippen molar-refractivity contribution in [3.8, 4) is 0 Å². The first-order valence-corrected chi connectivity index (χ1v) is 5.23. The molecular formula is C10H18N2O. The molecule has 13 heavy (non-hydrogen) atoms. The van der Waals surface area contributed by atoms with Crippen molar-refractivity contribution in [2.24, 2.45) is 5.92 Å². The molecule has 0 radical (unpaired) electrons. The van der Waals surface area contributed by atoms with E-state index in [1.807, 2.05) is 13.8 Å². The van der Waals surface area contributed by atoms with Gasteiger partial charge in [0.15, 0.2) is 0 Å². The van der Waals surface area contributed by atoms with E-state index in [9.17, 15) is 4.79 Å². The van der Waals surface area contributed by atoms with E-state index < -0.39 is 0 Å². The summed E-state index contributed by atoms with van der Waals surface area (Å²) in [5.74, 6) is 0.797. The molecule has 3 nitrogen and oxygen atoms in total. The lowest BCUT2D eigenvalue weighted by Crippen LogP contribution is -2.49. The lowest BCUT2D eigenvalue weighted by atomic mass is 9.99. The van der Waals surface area contributed by atoms with Crippen LogP contribution in [0, 0.1) is 5.92 Å². The summed E-state index contributed by atoms with van der Waals surface area (Å²) in [6.45, 7) is 4.01. The topological polar surface area (TPSA) is 41.1 Å². The van der Waals surface area contributed by atoms with Crippen LogP contribution in [-0.2, 0) is 4.79 Å². The molecule has 2 fully saturated rings. The average Bonchev–Trinajstić information content (AvgIpc) is 2.62. The van der Waals surface area contributed by atoms with E-state index in [2.05, 4.69) is 10.6 Å². The van der Waals surface area contributed by atoms with Gasteiger partial charge in [0.05, 0.1) is 6.04 Å². The molecule has 1 aliphatic heterocycles. The number of carbonyl (C=O) groups is 1. The molecule has 1 aliphatic carbocycles. The number of nitrogens with one attached hydrogen (secondary N) is 2. The number of hydrogen-bond donors (Lipinski definition) is 2. The monoisotopic (exact) mass is 182 g/mol. The highest BCUT2D eigenvalue weighted by molar-refractivity contribution is 5.82. The molecule has 1 amide bonds. The fourth-order valence-corrected chi connectivity index (χ4v) is 2.52. The van der Waals surface area contributed by atoms with E-state index in [0.717, 1.165) is 0 Å². The summed E-state index contributed by atoms with van der Waals surface area (Å²) in [6.07, 6.45) is 3.69. The minimum absolute atomic E-state index is 0.0983. The van der Waals surface area contributed by atoms with Crippen LogP contribution in [0.4, 0.5) is 0 Å². The molecule has 74 valence electrons. The predicted octanol–water partition coefficient (Wildman–Crippen LogP) is 0.651. The summed E-state index contributed by atoms with van der Waals surface area (Å²) >= 11 is 0. The van der Waals surface area contributed by atoms with Gasteiger partial charge in [-0.2, -0.15) is 0 Å². The van der Waals surface area contributed by atoms with Crippen LogP contribution in [0.2, 0.25) is 0 Å². The van der Waals surface area contributed by atoms with Crippen LogP contribution in [0.1, 0.15) is 33.1 Å². The zero-order chi connectivity index (χ0) is 9.42. The van der Waals surface area contributed by atoms with Crippen molar-refractivity contribution in [3.63, 3.8) is 0 Å². The number of piperidine rings is 1. The van der Waals surface area contributed by atoms with Gasteiger partial charge in [-0.3, -0.25) is 4.79 Å². The Labute approximate surface area is 79.3 Å². The first-order valence-electron chi connectivity index (χ1n) is 5.23. The maximum atomic E-state index is 11.7. The molecule has 2 rings (SSSR count). The Balaban J connectivity index is 1.91. The molecule has 2 unspecified atom stereocenters. The summed E-state index contributed by atoms with van der Waals surface area (Å²) in [5.41, 5.74) is 0. The van der Waals surface area contributed by atoms with E-state index in [4.69, 9.17) is 0 Å². The molecule has 0 aromatic rings. The fourth-order valence-electron chi connectivity index (χ4n) is 2.52. The Morgan fingerprint density at radius 1 is 1.46 bits per heavy atom. The van der Waals surface area contributed by atoms with Crippen LogP contribution >= 0.6 is 0 Å². The highest BCUT2D eigenvalue weighted by atomic mass is 16.2. The van der Waals surface area contributed by atoms with E-state index >= 15 is 0 Å². The minimum atomic E-state index is 0.0983. The molecule has 3 heteroatoms. The summed E-state index contributed by atoms with van der Waals surface area (Å²) in [6, 6.07) is 0.975. The second kappa shape index (κ2) is 3.29. The highest BCUT2D eigenvalue weighted by Crippen LogP contribution is 2.35. The third-order valence-electron chi connectivity index (χ3n) is 3.07. The van der Waals surface area contributed by atoms with Crippen LogP contribution in [0.3, 0.4) is 0 Å². The Morgan fingerprint density at radius 2 is 2.23 bits per heavy atom. The van der Waals surface area contributed by atoms with Crippen molar-refractivity contribution in [2.75, 3.05) is 0 Å². The van der Waals surface area contributed by atoms with Crippen molar-refractivity contribution in [1.82, 2.24) is 10.6 Å². The van der Waals surface area contributed by atoms with E-state index in [-0.39, 0.29) is 18.0 Å². The second-order valence-electron chi connectivity index (χ2n) is 4.58. The third kappa shape index (κ3) is 1.70. The molecule has 0 aromatic heterocycles. The van der Waals surface area contributed by atoms with Crippen LogP contribution in [0.5, 0.6) is 0 Å². The van der Waals surface area contributed by atoms with Gasteiger partial charge in [-0.05, 0) is 39.0 Å². The summed E-state index contributed by atoms with van der Waals surface area (Å²) < 4.78 is 0. The number of amides is 1. The Bertz CT molecular complexity index is 215. The first kappa shape index (κ1) is 9.00. The number of carbonyl (C=O) groups excluding carboxylic acids is 1. The number of hydrogen-bond acceptors (Lipinski definition) is 2. The van der Waals surface area contributed by atoms with E-state index in [1.54, 1.807) is 0 Å². The van der Waals surface area contributed by atoms with Gasteiger partial charge in [0.2, 0.25) is 5.91 Å². The molecule has 2 N–H and O–H groups in total. The van der Waals surface area contributed by atoms with Gasteiger partial charge in [-0.1, -0.05) is 0 Å². The van der Waals surface area contributed by atoms with Crippen molar-refractivity contribution < 1.29 is 4.79 Å². The van der Waals surface area contributed by atoms with Crippen molar-refractivity contribution in [1.29, 1.82) is 0 Å². The number of rotatable bonds is 2. The SMILES string of the molecule is CC(C)NC(=O)[C@@H]1NC2CCC1C2. The maximum Gasteiger partial charge on any atom is 0.237 e. The van der Waals surface area contributed by atoms with Gasteiger partial charge in [-0.15, -0.1) is 0 Å². The minimum Gasteiger partial charge on any atom is -0.353 e. The Hall–Kier alpha value is -0.570.